The number of ether oxygens (including phenoxy) is 2. The Morgan fingerprint density at radius 1 is 1.18 bits per heavy atom. The Bertz CT molecular complexity index is 987. The molecule has 28 heavy (non-hydrogen) atoms. The van der Waals surface area contributed by atoms with Crippen molar-refractivity contribution in [3.05, 3.63) is 48.2 Å². The number of fused-ring (bicyclic) bond motifs is 1. The van der Waals surface area contributed by atoms with Crippen LogP contribution in [0.2, 0.25) is 0 Å². The number of esters is 1. The molecule has 0 radical (unpaired) electrons. The topological polar surface area (TPSA) is 53.4 Å². The van der Waals surface area contributed by atoms with Crippen molar-refractivity contribution < 1.29 is 14.3 Å². The fraction of sp³-hybridized carbons (Fsp3) is 0.391. The van der Waals surface area contributed by atoms with E-state index in [0.29, 0.717) is 18.9 Å². The highest BCUT2D eigenvalue weighted by molar-refractivity contribution is 5.85. The molecule has 5 nitrogen and oxygen atoms in total. The maximum atomic E-state index is 11.5. The van der Waals surface area contributed by atoms with Crippen LogP contribution in [0.25, 0.3) is 22.0 Å². The van der Waals surface area contributed by atoms with Crippen molar-refractivity contribution in [3.8, 4) is 16.9 Å². The summed E-state index contributed by atoms with van der Waals surface area (Å²) in [6.07, 6.45) is 7.89. The summed E-state index contributed by atoms with van der Waals surface area (Å²) in [7, 11) is 3.38. The van der Waals surface area contributed by atoms with E-state index in [4.69, 9.17) is 9.47 Å². The highest BCUT2D eigenvalue weighted by Crippen LogP contribution is 2.35. The van der Waals surface area contributed by atoms with Gasteiger partial charge in [0, 0.05) is 24.4 Å². The van der Waals surface area contributed by atoms with Crippen LogP contribution >= 0.6 is 0 Å². The molecule has 1 heterocycles. The second-order valence-electron chi connectivity index (χ2n) is 7.47. The molecule has 1 aromatic heterocycles. The van der Waals surface area contributed by atoms with E-state index in [1.807, 2.05) is 24.0 Å². The fourth-order valence-corrected chi connectivity index (χ4v) is 3.91. The van der Waals surface area contributed by atoms with Gasteiger partial charge in [-0.05, 0) is 61.4 Å². The van der Waals surface area contributed by atoms with Crippen LogP contribution in [-0.2, 0) is 23.0 Å². The van der Waals surface area contributed by atoms with Crippen LogP contribution in [0.4, 0.5) is 0 Å². The molecule has 1 saturated carbocycles. The highest BCUT2D eigenvalue weighted by atomic mass is 16.5. The van der Waals surface area contributed by atoms with E-state index in [9.17, 15) is 4.79 Å². The predicted molar refractivity (Wildman–Crippen MR) is 109 cm³/mol. The molecule has 1 fully saturated rings. The van der Waals surface area contributed by atoms with Crippen LogP contribution in [0.15, 0.2) is 42.6 Å². The molecule has 0 atom stereocenters. The van der Waals surface area contributed by atoms with Crippen LogP contribution in [0, 0.1) is 0 Å². The second kappa shape index (κ2) is 8.05. The Labute approximate surface area is 165 Å². The van der Waals surface area contributed by atoms with Gasteiger partial charge in [-0.2, -0.15) is 5.10 Å². The van der Waals surface area contributed by atoms with E-state index in [1.165, 1.54) is 20.0 Å². The maximum Gasteiger partial charge on any atom is 0.305 e. The Morgan fingerprint density at radius 2 is 2.00 bits per heavy atom. The zero-order valence-electron chi connectivity index (χ0n) is 16.5. The average molecular weight is 378 g/mol. The Morgan fingerprint density at radius 3 is 2.79 bits per heavy atom. The molecule has 0 N–H and O–H groups in total. The SMILES string of the molecule is COC(=O)CCc1ccc(OC2CCCC2)c(-c2ccc3cnn(C)c3c2)c1. The number of hydrogen-bond donors (Lipinski definition) is 0. The van der Waals surface area contributed by atoms with Crippen molar-refractivity contribution in [2.75, 3.05) is 7.11 Å². The number of nitrogens with zero attached hydrogens (tertiary/aromatic N) is 2. The molecule has 146 valence electrons. The van der Waals surface area contributed by atoms with Gasteiger partial charge in [-0.15, -0.1) is 0 Å². The lowest BCUT2D eigenvalue weighted by molar-refractivity contribution is -0.140. The first-order chi connectivity index (χ1) is 13.6. The molecule has 3 aromatic rings. The summed E-state index contributed by atoms with van der Waals surface area (Å²) in [6.45, 7) is 0. The zero-order valence-corrected chi connectivity index (χ0v) is 16.5. The van der Waals surface area contributed by atoms with Gasteiger partial charge in [0.1, 0.15) is 5.75 Å². The Balaban J connectivity index is 1.70. The van der Waals surface area contributed by atoms with Gasteiger partial charge in [0.05, 0.1) is 24.9 Å². The number of hydrogen-bond acceptors (Lipinski definition) is 4. The maximum absolute atomic E-state index is 11.5. The second-order valence-corrected chi connectivity index (χ2v) is 7.47. The van der Waals surface area contributed by atoms with Gasteiger partial charge in [-0.1, -0.05) is 18.2 Å². The number of methoxy groups -OCH3 is 1. The summed E-state index contributed by atoms with van der Waals surface area (Å²) < 4.78 is 13.0. The molecule has 4 rings (SSSR count). The summed E-state index contributed by atoms with van der Waals surface area (Å²) in [5.74, 6) is 0.722. The Hall–Kier alpha value is -2.82. The van der Waals surface area contributed by atoms with Gasteiger partial charge < -0.3 is 9.47 Å². The third-order valence-electron chi connectivity index (χ3n) is 5.55. The van der Waals surface area contributed by atoms with Crippen molar-refractivity contribution in [3.63, 3.8) is 0 Å². The monoisotopic (exact) mass is 378 g/mol. The Kier molecular flexibility index (Phi) is 5.33. The first-order valence-electron chi connectivity index (χ1n) is 9.92. The predicted octanol–water partition coefficient (Wildman–Crippen LogP) is 4.67. The van der Waals surface area contributed by atoms with Crippen molar-refractivity contribution >= 4 is 16.9 Å². The normalized spacial score (nSPS) is 14.5. The summed E-state index contributed by atoms with van der Waals surface area (Å²) in [5, 5.41) is 5.46. The summed E-state index contributed by atoms with van der Waals surface area (Å²) >= 11 is 0. The summed E-state index contributed by atoms with van der Waals surface area (Å²) in [4.78, 5) is 11.5. The molecule has 5 heteroatoms. The molecule has 0 saturated heterocycles. The zero-order chi connectivity index (χ0) is 19.5. The van der Waals surface area contributed by atoms with E-state index in [-0.39, 0.29) is 5.97 Å². The van der Waals surface area contributed by atoms with E-state index >= 15 is 0 Å². The first kappa shape index (κ1) is 18.5. The lowest BCUT2D eigenvalue weighted by atomic mass is 9.99. The van der Waals surface area contributed by atoms with Gasteiger partial charge in [0.15, 0.2) is 0 Å². The number of aromatic nitrogens is 2. The number of rotatable bonds is 6. The molecule has 0 amide bonds. The number of aryl methyl sites for hydroxylation is 2. The third-order valence-corrected chi connectivity index (χ3v) is 5.55. The van der Waals surface area contributed by atoms with Crippen LogP contribution in [0.5, 0.6) is 5.75 Å². The minimum atomic E-state index is -0.191. The molecule has 0 bridgehead atoms. The smallest absolute Gasteiger partial charge is 0.305 e. The highest BCUT2D eigenvalue weighted by Gasteiger charge is 2.19. The van der Waals surface area contributed by atoms with Gasteiger partial charge in [0.2, 0.25) is 0 Å². The molecule has 1 aliphatic rings. The van der Waals surface area contributed by atoms with Crippen molar-refractivity contribution in [2.45, 2.75) is 44.6 Å². The lowest BCUT2D eigenvalue weighted by Crippen LogP contribution is -2.11. The molecule has 1 aliphatic carbocycles. The van der Waals surface area contributed by atoms with Crippen LogP contribution in [0.3, 0.4) is 0 Å². The minimum absolute atomic E-state index is 0.191. The van der Waals surface area contributed by atoms with Crippen LogP contribution in [-0.4, -0.2) is 29.0 Å². The van der Waals surface area contributed by atoms with Gasteiger partial charge in [-0.25, -0.2) is 0 Å². The minimum Gasteiger partial charge on any atom is -0.490 e. The number of benzene rings is 2. The summed E-state index contributed by atoms with van der Waals surface area (Å²) in [5.41, 5.74) is 4.36. The van der Waals surface area contributed by atoms with Crippen molar-refractivity contribution in [1.29, 1.82) is 0 Å². The van der Waals surface area contributed by atoms with E-state index in [0.717, 1.165) is 46.2 Å². The first-order valence-corrected chi connectivity index (χ1v) is 9.92. The molecule has 0 aliphatic heterocycles. The van der Waals surface area contributed by atoms with Crippen molar-refractivity contribution in [1.82, 2.24) is 9.78 Å². The van der Waals surface area contributed by atoms with E-state index in [1.54, 1.807) is 0 Å². The van der Waals surface area contributed by atoms with Crippen LogP contribution in [0.1, 0.15) is 37.7 Å². The van der Waals surface area contributed by atoms with Gasteiger partial charge >= 0.3 is 5.97 Å². The fourth-order valence-electron chi connectivity index (χ4n) is 3.91. The van der Waals surface area contributed by atoms with Gasteiger partial charge in [-0.3, -0.25) is 9.48 Å². The van der Waals surface area contributed by atoms with E-state index in [2.05, 4.69) is 35.4 Å². The largest absolute Gasteiger partial charge is 0.490 e. The van der Waals surface area contributed by atoms with Gasteiger partial charge in [0.25, 0.3) is 0 Å². The average Bonchev–Trinajstić information content (AvgIpc) is 3.36. The van der Waals surface area contributed by atoms with E-state index < -0.39 is 0 Å². The molecule has 0 unspecified atom stereocenters. The number of carbonyl (C=O) groups is 1. The quantitative estimate of drug-likeness (QED) is 0.585. The molecule has 2 aromatic carbocycles. The molecular weight excluding hydrogens is 352 g/mol. The van der Waals surface area contributed by atoms with Crippen LogP contribution < -0.4 is 4.74 Å². The lowest BCUT2D eigenvalue weighted by Gasteiger charge is -2.18. The number of carbonyl (C=O) groups excluding carboxylic acids is 1. The molecule has 0 spiro atoms. The summed E-state index contributed by atoms with van der Waals surface area (Å²) in [6, 6.07) is 12.6. The van der Waals surface area contributed by atoms with Crippen molar-refractivity contribution in [2.24, 2.45) is 7.05 Å². The molecular formula is C23H26N2O3. The standard InChI is InChI=1S/C23H26N2O3/c1-25-21-14-17(9-10-18(21)15-24-25)20-13-16(8-12-23(26)27-2)7-11-22(20)28-19-5-3-4-6-19/h7,9-11,13-15,19H,3-6,8,12H2,1-2H3. The third kappa shape index (κ3) is 3.88.